The molecule has 0 fully saturated rings. The molecule has 5 nitrogen and oxygen atoms in total. The minimum Gasteiger partial charge on any atom is -0.507 e. The zero-order valence-electron chi connectivity index (χ0n) is 13.5. The number of carbonyl (C=O) groups excluding carboxylic acids is 1. The molecule has 23 heavy (non-hydrogen) atoms. The Morgan fingerprint density at radius 3 is 2.57 bits per heavy atom. The monoisotopic (exact) mass is 316 g/mol. The predicted octanol–water partition coefficient (Wildman–Crippen LogP) is 3.99. The van der Waals surface area contributed by atoms with Gasteiger partial charge in [0.2, 0.25) is 0 Å². The minimum absolute atomic E-state index is 0.106. The van der Waals surface area contributed by atoms with Crippen molar-refractivity contribution in [1.82, 2.24) is 0 Å². The second-order valence-corrected chi connectivity index (χ2v) is 4.83. The normalized spacial score (nSPS) is 10.9. The van der Waals surface area contributed by atoms with Crippen molar-refractivity contribution in [3.8, 4) is 17.2 Å². The maximum Gasteiger partial charge on any atom is 0.193 e. The lowest BCUT2D eigenvalue weighted by Gasteiger charge is -2.12. The Labute approximate surface area is 135 Å². The molecule has 0 amide bonds. The number of phenolic OH excluding ortho intramolecular Hbond substituents is 1. The number of ketones is 1. The summed E-state index contributed by atoms with van der Waals surface area (Å²) in [6.45, 7) is 6.29. The zero-order chi connectivity index (χ0) is 16.8. The van der Waals surface area contributed by atoms with Gasteiger partial charge in [0.1, 0.15) is 34.3 Å². The van der Waals surface area contributed by atoms with E-state index in [0.29, 0.717) is 30.5 Å². The van der Waals surface area contributed by atoms with E-state index in [1.165, 1.54) is 12.1 Å². The van der Waals surface area contributed by atoms with E-state index in [0.717, 1.165) is 5.76 Å². The minimum atomic E-state index is -0.372. The lowest BCUT2D eigenvalue weighted by Crippen LogP contribution is -2.03. The Hall–Kier alpha value is -2.69. The van der Waals surface area contributed by atoms with Crippen molar-refractivity contribution in [1.29, 1.82) is 0 Å². The third-order valence-electron chi connectivity index (χ3n) is 3.07. The highest BCUT2D eigenvalue weighted by molar-refractivity contribution is 6.10. The number of hydrogen-bond acceptors (Lipinski definition) is 5. The first-order valence-electron chi connectivity index (χ1n) is 7.46. The van der Waals surface area contributed by atoms with Gasteiger partial charge < -0.3 is 19.0 Å². The van der Waals surface area contributed by atoms with Crippen molar-refractivity contribution in [3.05, 3.63) is 47.4 Å². The first-order valence-corrected chi connectivity index (χ1v) is 7.46. The molecule has 0 aliphatic carbocycles. The molecule has 1 N–H and O–H groups in total. The van der Waals surface area contributed by atoms with Crippen LogP contribution >= 0.6 is 0 Å². The van der Waals surface area contributed by atoms with Gasteiger partial charge in [0.05, 0.1) is 13.2 Å². The van der Waals surface area contributed by atoms with Crippen LogP contribution in [0.5, 0.6) is 17.2 Å². The van der Waals surface area contributed by atoms with Crippen molar-refractivity contribution >= 4 is 11.9 Å². The maximum absolute atomic E-state index is 12.4. The number of benzene rings is 1. The van der Waals surface area contributed by atoms with E-state index in [2.05, 4.69) is 0 Å². The average molecular weight is 316 g/mol. The maximum atomic E-state index is 12.4. The highest BCUT2D eigenvalue weighted by Gasteiger charge is 2.18. The molecule has 122 valence electrons. The molecule has 1 heterocycles. The van der Waals surface area contributed by atoms with Gasteiger partial charge in [-0.05, 0) is 45.1 Å². The Morgan fingerprint density at radius 2 is 1.96 bits per heavy atom. The van der Waals surface area contributed by atoms with Gasteiger partial charge in [-0.25, -0.2) is 0 Å². The van der Waals surface area contributed by atoms with Gasteiger partial charge in [0.15, 0.2) is 5.78 Å². The summed E-state index contributed by atoms with van der Waals surface area (Å²) < 4.78 is 16.2. The van der Waals surface area contributed by atoms with Crippen molar-refractivity contribution < 1.29 is 23.8 Å². The highest BCUT2D eigenvalue weighted by Crippen LogP contribution is 2.34. The summed E-state index contributed by atoms with van der Waals surface area (Å²) in [6, 6.07) is 6.58. The van der Waals surface area contributed by atoms with Crippen molar-refractivity contribution in [3.63, 3.8) is 0 Å². The fourth-order valence-corrected chi connectivity index (χ4v) is 2.13. The summed E-state index contributed by atoms with van der Waals surface area (Å²) in [4.78, 5) is 12.4. The van der Waals surface area contributed by atoms with Gasteiger partial charge in [0, 0.05) is 12.1 Å². The zero-order valence-corrected chi connectivity index (χ0v) is 13.5. The highest BCUT2D eigenvalue weighted by atomic mass is 16.5. The van der Waals surface area contributed by atoms with Gasteiger partial charge in [-0.1, -0.05) is 0 Å². The van der Waals surface area contributed by atoms with Crippen LogP contribution in [-0.2, 0) is 0 Å². The number of aryl methyl sites for hydroxylation is 1. The van der Waals surface area contributed by atoms with Crippen LogP contribution in [0, 0.1) is 6.92 Å². The molecule has 1 aromatic carbocycles. The molecule has 0 spiro atoms. The van der Waals surface area contributed by atoms with E-state index in [-0.39, 0.29) is 17.1 Å². The summed E-state index contributed by atoms with van der Waals surface area (Å²) in [5, 5.41) is 10.2. The Bertz CT molecular complexity index is 712. The number of aromatic hydroxyl groups is 1. The van der Waals surface area contributed by atoms with Crippen molar-refractivity contribution in [2.75, 3.05) is 13.2 Å². The molecule has 0 bridgehead atoms. The molecule has 0 radical (unpaired) electrons. The molecule has 0 aliphatic heterocycles. The summed E-state index contributed by atoms with van der Waals surface area (Å²) in [7, 11) is 0. The third kappa shape index (κ3) is 4.16. The number of allylic oxidation sites excluding steroid dienone is 1. The second kappa shape index (κ2) is 7.54. The van der Waals surface area contributed by atoms with Crippen molar-refractivity contribution in [2.45, 2.75) is 20.8 Å². The molecule has 0 saturated carbocycles. The SMILES string of the molecule is CCOc1cc(O)c(C(=O)/C=C/c2ccc(C)o2)c(OCC)c1. The summed E-state index contributed by atoms with van der Waals surface area (Å²) in [5.74, 6) is 1.53. The van der Waals surface area contributed by atoms with E-state index in [1.54, 1.807) is 25.1 Å². The number of rotatable bonds is 7. The van der Waals surface area contributed by atoms with Crippen LogP contribution < -0.4 is 9.47 Å². The summed E-state index contributed by atoms with van der Waals surface area (Å²) in [5.41, 5.74) is 0.106. The number of ether oxygens (including phenoxy) is 2. The van der Waals surface area contributed by atoms with Crippen molar-refractivity contribution in [2.24, 2.45) is 0 Å². The van der Waals surface area contributed by atoms with E-state index in [9.17, 15) is 9.90 Å². The predicted molar refractivity (Wildman–Crippen MR) is 87.3 cm³/mol. The van der Waals surface area contributed by atoms with Crippen LogP contribution in [0.3, 0.4) is 0 Å². The molecule has 0 saturated heterocycles. The molecule has 1 aromatic heterocycles. The molecule has 5 heteroatoms. The largest absolute Gasteiger partial charge is 0.507 e. The van der Waals surface area contributed by atoms with Crippen LogP contribution in [0.2, 0.25) is 0 Å². The van der Waals surface area contributed by atoms with E-state index in [1.807, 2.05) is 19.9 Å². The van der Waals surface area contributed by atoms with Crippen LogP contribution in [0.25, 0.3) is 6.08 Å². The second-order valence-electron chi connectivity index (χ2n) is 4.83. The molecule has 2 aromatic rings. The van der Waals surface area contributed by atoms with Gasteiger partial charge in [-0.3, -0.25) is 4.79 Å². The third-order valence-corrected chi connectivity index (χ3v) is 3.07. The average Bonchev–Trinajstić information content (AvgIpc) is 2.91. The van der Waals surface area contributed by atoms with Crippen LogP contribution in [0.15, 0.2) is 34.8 Å². The number of phenols is 1. The van der Waals surface area contributed by atoms with Crippen LogP contribution in [0.1, 0.15) is 35.7 Å². The molecule has 0 unspecified atom stereocenters. The quantitative estimate of drug-likeness (QED) is 0.618. The Balaban J connectivity index is 2.32. The molecule has 2 rings (SSSR count). The fourth-order valence-electron chi connectivity index (χ4n) is 2.13. The van der Waals surface area contributed by atoms with E-state index in [4.69, 9.17) is 13.9 Å². The molecular formula is C18H20O5. The van der Waals surface area contributed by atoms with Gasteiger partial charge in [-0.2, -0.15) is 0 Å². The summed E-state index contributed by atoms with van der Waals surface area (Å²) >= 11 is 0. The first kappa shape index (κ1) is 16.7. The lowest BCUT2D eigenvalue weighted by molar-refractivity contribution is 0.104. The Kier molecular flexibility index (Phi) is 5.46. The van der Waals surface area contributed by atoms with Gasteiger partial charge in [-0.15, -0.1) is 0 Å². The molecule has 0 atom stereocenters. The number of carbonyl (C=O) groups is 1. The lowest BCUT2D eigenvalue weighted by atomic mass is 10.1. The number of hydrogen-bond donors (Lipinski definition) is 1. The van der Waals surface area contributed by atoms with E-state index < -0.39 is 0 Å². The number of furan rings is 1. The first-order chi connectivity index (χ1) is 11.0. The molecule has 0 aliphatic rings. The van der Waals surface area contributed by atoms with Gasteiger partial charge in [0.25, 0.3) is 0 Å². The molecular weight excluding hydrogens is 296 g/mol. The fraction of sp³-hybridized carbons (Fsp3) is 0.278. The smallest absolute Gasteiger partial charge is 0.193 e. The van der Waals surface area contributed by atoms with Crippen LogP contribution in [0.4, 0.5) is 0 Å². The summed E-state index contributed by atoms with van der Waals surface area (Å²) in [6.07, 6.45) is 2.90. The van der Waals surface area contributed by atoms with E-state index >= 15 is 0 Å². The Morgan fingerprint density at radius 1 is 1.22 bits per heavy atom. The van der Waals surface area contributed by atoms with Gasteiger partial charge >= 0.3 is 0 Å². The topological polar surface area (TPSA) is 68.9 Å². The van der Waals surface area contributed by atoms with Crippen LogP contribution in [-0.4, -0.2) is 24.1 Å². The standard InChI is InChI=1S/C18H20O5/c1-4-21-14-10-16(20)18(17(11-14)22-5-2)15(19)9-8-13-7-6-12(3)23-13/h6-11,20H,4-5H2,1-3H3/b9-8+.